The van der Waals surface area contributed by atoms with Gasteiger partial charge >= 0.3 is 18.2 Å². The summed E-state index contributed by atoms with van der Waals surface area (Å²) in [6, 6.07) is 4.07. The molecule has 3 amide bonds. The van der Waals surface area contributed by atoms with E-state index in [4.69, 9.17) is 4.74 Å². The van der Waals surface area contributed by atoms with Crippen molar-refractivity contribution in [1.82, 2.24) is 10.6 Å². The standard InChI is InChI=1S/C15H17F3N2O5/c1-9-4-3-5-10(2)13(9)25-7-12(22)24-6-11(21)20-14(23)19-8-15(16,17)18/h3-5H,6-8H2,1-2H3,(H2,19,20,21,23). The third-order valence-electron chi connectivity index (χ3n) is 2.81. The predicted octanol–water partition coefficient (Wildman–Crippen LogP) is 1.61. The molecule has 1 rings (SSSR count). The summed E-state index contributed by atoms with van der Waals surface area (Å²) in [5, 5.41) is 3.03. The van der Waals surface area contributed by atoms with Gasteiger partial charge in [0, 0.05) is 0 Å². The van der Waals surface area contributed by atoms with Crippen molar-refractivity contribution in [3.8, 4) is 5.75 Å². The van der Waals surface area contributed by atoms with Gasteiger partial charge in [0.1, 0.15) is 12.3 Å². The van der Waals surface area contributed by atoms with Crippen LogP contribution in [-0.2, 0) is 14.3 Å². The number of imide groups is 1. The van der Waals surface area contributed by atoms with Crippen LogP contribution in [0.15, 0.2) is 18.2 Å². The lowest BCUT2D eigenvalue weighted by Gasteiger charge is -2.12. The van der Waals surface area contributed by atoms with Crippen LogP contribution in [0.1, 0.15) is 11.1 Å². The Bertz CT molecular complexity index is 626. The molecule has 25 heavy (non-hydrogen) atoms. The summed E-state index contributed by atoms with van der Waals surface area (Å²) in [7, 11) is 0. The Hall–Kier alpha value is -2.78. The second-order valence-electron chi connectivity index (χ2n) is 5.02. The lowest BCUT2D eigenvalue weighted by molar-refractivity contribution is -0.150. The van der Waals surface area contributed by atoms with Gasteiger partial charge in [-0.15, -0.1) is 0 Å². The summed E-state index contributed by atoms with van der Waals surface area (Å²) in [5.74, 6) is -1.43. The Kier molecular flexibility index (Phi) is 7.22. The fraction of sp³-hybridized carbons (Fsp3) is 0.400. The van der Waals surface area contributed by atoms with E-state index < -0.39 is 43.8 Å². The molecule has 2 N–H and O–H groups in total. The number of hydrogen-bond acceptors (Lipinski definition) is 5. The third kappa shape index (κ3) is 8.04. The second kappa shape index (κ2) is 8.90. The summed E-state index contributed by atoms with van der Waals surface area (Å²) in [6.07, 6.45) is -4.60. The monoisotopic (exact) mass is 362 g/mol. The number of rotatable bonds is 6. The van der Waals surface area contributed by atoms with E-state index in [9.17, 15) is 27.6 Å². The predicted molar refractivity (Wildman–Crippen MR) is 80.0 cm³/mol. The number of aryl methyl sites for hydroxylation is 2. The average molecular weight is 362 g/mol. The maximum atomic E-state index is 11.9. The van der Waals surface area contributed by atoms with Crippen molar-refractivity contribution in [2.45, 2.75) is 20.0 Å². The minimum absolute atomic E-state index is 0.459. The first kappa shape index (κ1) is 20.3. The van der Waals surface area contributed by atoms with E-state index in [1.54, 1.807) is 31.3 Å². The van der Waals surface area contributed by atoms with E-state index in [1.807, 2.05) is 6.07 Å². The number of amides is 3. The number of halogens is 3. The van der Waals surface area contributed by atoms with Crippen molar-refractivity contribution in [3.05, 3.63) is 29.3 Å². The van der Waals surface area contributed by atoms with Crippen molar-refractivity contribution in [2.24, 2.45) is 0 Å². The largest absolute Gasteiger partial charge is 0.481 e. The normalized spacial score (nSPS) is 10.8. The molecule has 0 spiro atoms. The van der Waals surface area contributed by atoms with Crippen LogP contribution in [0.5, 0.6) is 5.75 Å². The van der Waals surface area contributed by atoms with Crippen LogP contribution < -0.4 is 15.4 Å². The first-order chi connectivity index (χ1) is 11.6. The summed E-state index contributed by atoms with van der Waals surface area (Å²) in [5.41, 5.74) is 1.62. The molecule has 0 saturated carbocycles. The van der Waals surface area contributed by atoms with E-state index in [-0.39, 0.29) is 0 Å². The number of benzene rings is 1. The van der Waals surface area contributed by atoms with Crippen LogP contribution in [0.4, 0.5) is 18.0 Å². The lowest BCUT2D eigenvalue weighted by Crippen LogP contribution is -2.44. The summed E-state index contributed by atoms with van der Waals surface area (Å²) < 4.78 is 45.5. The number of alkyl halides is 3. The number of nitrogens with one attached hydrogen (secondary N) is 2. The zero-order chi connectivity index (χ0) is 19.0. The van der Waals surface area contributed by atoms with Gasteiger partial charge in [0.15, 0.2) is 13.2 Å². The third-order valence-corrected chi connectivity index (χ3v) is 2.81. The molecule has 1 aromatic rings. The minimum Gasteiger partial charge on any atom is -0.481 e. The van der Waals surface area contributed by atoms with Gasteiger partial charge in [0.2, 0.25) is 0 Å². The summed E-state index contributed by atoms with van der Waals surface area (Å²) >= 11 is 0. The molecule has 7 nitrogen and oxygen atoms in total. The van der Waals surface area contributed by atoms with Gasteiger partial charge in [-0.3, -0.25) is 10.1 Å². The fourth-order valence-corrected chi connectivity index (χ4v) is 1.73. The molecule has 0 heterocycles. The number of carbonyl (C=O) groups is 3. The Morgan fingerprint density at radius 2 is 1.68 bits per heavy atom. The Labute approximate surface area is 141 Å². The first-order valence-electron chi connectivity index (χ1n) is 7.07. The topological polar surface area (TPSA) is 93.7 Å². The molecule has 0 atom stereocenters. The van der Waals surface area contributed by atoms with Crippen LogP contribution >= 0.6 is 0 Å². The second-order valence-corrected chi connectivity index (χ2v) is 5.02. The maximum Gasteiger partial charge on any atom is 0.405 e. The van der Waals surface area contributed by atoms with Crippen molar-refractivity contribution in [2.75, 3.05) is 19.8 Å². The van der Waals surface area contributed by atoms with Gasteiger partial charge in [0.05, 0.1) is 0 Å². The van der Waals surface area contributed by atoms with Gasteiger partial charge < -0.3 is 14.8 Å². The highest BCUT2D eigenvalue weighted by atomic mass is 19.4. The molecule has 0 bridgehead atoms. The lowest BCUT2D eigenvalue weighted by atomic mass is 10.1. The molecule has 0 aliphatic rings. The Balaban J connectivity index is 2.31. The number of urea groups is 1. The smallest absolute Gasteiger partial charge is 0.405 e. The van der Waals surface area contributed by atoms with E-state index in [0.717, 1.165) is 11.1 Å². The number of hydrogen-bond donors (Lipinski definition) is 2. The zero-order valence-corrected chi connectivity index (χ0v) is 13.5. The highest BCUT2D eigenvalue weighted by Gasteiger charge is 2.28. The zero-order valence-electron chi connectivity index (χ0n) is 13.5. The van der Waals surface area contributed by atoms with Gasteiger partial charge in [-0.1, -0.05) is 18.2 Å². The number of para-hydroxylation sites is 1. The van der Waals surface area contributed by atoms with Crippen LogP contribution in [-0.4, -0.2) is 43.8 Å². The highest BCUT2D eigenvalue weighted by Crippen LogP contribution is 2.22. The molecule has 0 fully saturated rings. The molecular formula is C15H17F3N2O5. The average Bonchev–Trinajstić information content (AvgIpc) is 2.50. The number of carbonyl (C=O) groups excluding carboxylic acids is 3. The minimum atomic E-state index is -4.60. The van der Waals surface area contributed by atoms with E-state index in [1.165, 1.54) is 5.32 Å². The highest BCUT2D eigenvalue weighted by molar-refractivity contribution is 5.95. The van der Waals surface area contributed by atoms with Gasteiger partial charge in [0.25, 0.3) is 5.91 Å². The molecule has 10 heteroatoms. The van der Waals surface area contributed by atoms with Gasteiger partial charge in [-0.25, -0.2) is 9.59 Å². The van der Waals surface area contributed by atoms with Crippen LogP contribution in [0.25, 0.3) is 0 Å². The number of esters is 1. The van der Waals surface area contributed by atoms with Crippen molar-refractivity contribution < 1.29 is 37.0 Å². The quantitative estimate of drug-likeness (QED) is 0.750. The molecule has 138 valence electrons. The van der Waals surface area contributed by atoms with Crippen molar-refractivity contribution in [3.63, 3.8) is 0 Å². The molecule has 0 aromatic heterocycles. The molecule has 0 saturated heterocycles. The fourth-order valence-electron chi connectivity index (χ4n) is 1.73. The molecule has 0 unspecified atom stereocenters. The molecule has 0 aliphatic carbocycles. The number of ether oxygens (including phenoxy) is 2. The molecule has 0 aliphatic heterocycles. The summed E-state index contributed by atoms with van der Waals surface area (Å²) in [4.78, 5) is 33.8. The molecule has 0 radical (unpaired) electrons. The molecular weight excluding hydrogens is 345 g/mol. The van der Waals surface area contributed by atoms with Crippen LogP contribution in [0.2, 0.25) is 0 Å². The molecule has 1 aromatic carbocycles. The van der Waals surface area contributed by atoms with Crippen molar-refractivity contribution in [1.29, 1.82) is 0 Å². The van der Waals surface area contributed by atoms with E-state index in [0.29, 0.717) is 5.75 Å². The van der Waals surface area contributed by atoms with E-state index >= 15 is 0 Å². The van der Waals surface area contributed by atoms with Crippen LogP contribution in [0.3, 0.4) is 0 Å². The SMILES string of the molecule is Cc1cccc(C)c1OCC(=O)OCC(=O)NC(=O)NCC(F)(F)F. The Morgan fingerprint density at radius 1 is 1.08 bits per heavy atom. The van der Waals surface area contributed by atoms with Crippen molar-refractivity contribution >= 4 is 17.9 Å². The van der Waals surface area contributed by atoms with Crippen LogP contribution in [0, 0.1) is 13.8 Å². The maximum absolute atomic E-state index is 11.9. The Morgan fingerprint density at radius 3 is 2.24 bits per heavy atom. The van der Waals surface area contributed by atoms with Gasteiger partial charge in [-0.05, 0) is 25.0 Å². The first-order valence-corrected chi connectivity index (χ1v) is 7.07. The van der Waals surface area contributed by atoms with E-state index in [2.05, 4.69) is 4.74 Å². The summed E-state index contributed by atoms with van der Waals surface area (Å²) in [6.45, 7) is 0.713. The van der Waals surface area contributed by atoms with Gasteiger partial charge in [-0.2, -0.15) is 13.2 Å².